The average molecular weight is 404 g/mol. The molecule has 0 aliphatic carbocycles. The smallest absolute Gasteiger partial charge is 0.244 e. The maximum absolute atomic E-state index is 12.3. The van der Waals surface area contributed by atoms with Crippen molar-refractivity contribution in [2.75, 3.05) is 0 Å². The van der Waals surface area contributed by atoms with Crippen molar-refractivity contribution >= 4 is 39.1 Å². The van der Waals surface area contributed by atoms with Gasteiger partial charge in [0.2, 0.25) is 5.12 Å². The van der Waals surface area contributed by atoms with Crippen molar-refractivity contribution < 1.29 is 9.53 Å². The van der Waals surface area contributed by atoms with Crippen molar-refractivity contribution in [3.05, 3.63) is 102 Å². The normalized spacial score (nSPS) is 14.9. The fraction of sp³-hybridized carbons (Fsp3) is 0.0435. The molecule has 4 rings (SSSR count). The molecule has 1 heterocycles. The van der Waals surface area contributed by atoms with Gasteiger partial charge < -0.3 is 4.74 Å². The van der Waals surface area contributed by atoms with Crippen LogP contribution in [0.15, 0.2) is 95.6 Å². The van der Waals surface area contributed by atoms with Crippen LogP contribution in [0, 0.1) is 0 Å². The summed E-state index contributed by atoms with van der Waals surface area (Å²) in [7, 11) is 0. The van der Waals surface area contributed by atoms with Crippen molar-refractivity contribution in [1.29, 1.82) is 0 Å². The van der Waals surface area contributed by atoms with Gasteiger partial charge in [-0.05, 0) is 53.2 Å². The van der Waals surface area contributed by atoms with Gasteiger partial charge >= 0.3 is 0 Å². The van der Waals surface area contributed by atoms with Crippen LogP contribution in [0.25, 0.3) is 6.08 Å². The minimum absolute atomic E-state index is 0.0232. The molecular formula is C23H17NO2S2. The standard InChI is InChI=1S/C23H17NO2S2/c25-22-21(24-23(28-22)27-16-17-8-3-1-4-9-17)15-18-10-7-13-20(14-18)26-19-11-5-2-6-12-19/h1-15H,16H2/b21-15-. The Kier molecular flexibility index (Phi) is 5.95. The molecule has 138 valence electrons. The summed E-state index contributed by atoms with van der Waals surface area (Å²) in [5, 5.41) is -0.0232. The molecule has 0 spiro atoms. The number of thioether (sulfide) groups is 2. The molecule has 28 heavy (non-hydrogen) atoms. The molecule has 5 heteroatoms. The van der Waals surface area contributed by atoms with E-state index in [0.29, 0.717) is 5.70 Å². The Balaban J connectivity index is 1.46. The Morgan fingerprint density at radius 2 is 1.61 bits per heavy atom. The van der Waals surface area contributed by atoms with Crippen LogP contribution in [0.1, 0.15) is 11.1 Å². The van der Waals surface area contributed by atoms with Crippen molar-refractivity contribution in [1.82, 2.24) is 0 Å². The number of hydrogen-bond acceptors (Lipinski definition) is 5. The van der Waals surface area contributed by atoms with Crippen LogP contribution in [0.5, 0.6) is 11.5 Å². The molecule has 3 aromatic rings. The number of rotatable bonds is 5. The molecule has 3 aromatic carbocycles. The predicted octanol–water partition coefficient (Wildman–Crippen LogP) is 6.38. The van der Waals surface area contributed by atoms with Gasteiger partial charge in [0.1, 0.15) is 21.6 Å². The Morgan fingerprint density at radius 3 is 2.39 bits per heavy atom. The first-order valence-corrected chi connectivity index (χ1v) is 10.6. The highest BCUT2D eigenvalue weighted by atomic mass is 32.2. The van der Waals surface area contributed by atoms with E-state index in [1.54, 1.807) is 11.8 Å². The van der Waals surface area contributed by atoms with Gasteiger partial charge in [-0.2, -0.15) is 0 Å². The summed E-state index contributed by atoms with van der Waals surface area (Å²) < 4.78 is 6.65. The second-order valence-electron chi connectivity index (χ2n) is 6.06. The first-order chi connectivity index (χ1) is 13.8. The van der Waals surface area contributed by atoms with Crippen LogP contribution < -0.4 is 4.74 Å². The molecule has 0 atom stereocenters. The highest BCUT2D eigenvalue weighted by Gasteiger charge is 2.22. The summed E-state index contributed by atoms with van der Waals surface area (Å²) in [6, 6.07) is 27.4. The molecule has 0 fully saturated rings. The van der Waals surface area contributed by atoms with E-state index in [9.17, 15) is 4.79 Å². The lowest BCUT2D eigenvalue weighted by Gasteiger charge is -2.06. The van der Waals surface area contributed by atoms with Gasteiger partial charge in [0.15, 0.2) is 0 Å². The van der Waals surface area contributed by atoms with E-state index in [2.05, 4.69) is 17.1 Å². The molecule has 0 bridgehead atoms. The van der Waals surface area contributed by atoms with Crippen LogP contribution in [0.2, 0.25) is 0 Å². The summed E-state index contributed by atoms with van der Waals surface area (Å²) in [4.78, 5) is 16.8. The third-order valence-corrected chi connectivity index (χ3v) is 6.03. The molecule has 0 aromatic heterocycles. The fourth-order valence-corrected chi connectivity index (χ4v) is 4.42. The summed E-state index contributed by atoms with van der Waals surface area (Å²) >= 11 is 2.78. The molecule has 0 N–H and O–H groups in total. The van der Waals surface area contributed by atoms with E-state index in [0.717, 1.165) is 27.2 Å². The Bertz CT molecular complexity index is 1030. The largest absolute Gasteiger partial charge is 0.457 e. The third-order valence-electron chi connectivity index (χ3n) is 3.95. The van der Waals surface area contributed by atoms with Gasteiger partial charge in [-0.25, -0.2) is 4.99 Å². The number of benzene rings is 3. The second kappa shape index (κ2) is 8.95. The number of nitrogens with zero attached hydrogens (tertiary/aromatic N) is 1. The van der Waals surface area contributed by atoms with E-state index in [1.807, 2.05) is 78.9 Å². The zero-order valence-corrected chi connectivity index (χ0v) is 16.6. The van der Waals surface area contributed by atoms with Crippen LogP contribution in [0.4, 0.5) is 0 Å². The lowest BCUT2D eigenvalue weighted by atomic mass is 10.2. The van der Waals surface area contributed by atoms with E-state index in [-0.39, 0.29) is 5.12 Å². The van der Waals surface area contributed by atoms with E-state index in [1.165, 1.54) is 17.3 Å². The van der Waals surface area contributed by atoms with Gasteiger partial charge in [0, 0.05) is 5.75 Å². The number of carbonyl (C=O) groups is 1. The topological polar surface area (TPSA) is 38.7 Å². The average Bonchev–Trinajstić information content (AvgIpc) is 3.07. The molecule has 0 saturated heterocycles. The highest BCUT2D eigenvalue weighted by molar-refractivity contribution is 8.45. The van der Waals surface area contributed by atoms with Gasteiger partial charge in [-0.1, -0.05) is 72.4 Å². The summed E-state index contributed by atoms with van der Waals surface area (Å²) in [6.45, 7) is 0. The quantitative estimate of drug-likeness (QED) is 0.463. The van der Waals surface area contributed by atoms with Crippen LogP contribution in [-0.4, -0.2) is 9.49 Å². The fourth-order valence-electron chi connectivity index (χ4n) is 2.62. The Morgan fingerprint density at radius 1 is 0.893 bits per heavy atom. The van der Waals surface area contributed by atoms with Gasteiger partial charge in [0.05, 0.1) is 0 Å². The van der Waals surface area contributed by atoms with Crippen molar-refractivity contribution in [3.63, 3.8) is 0 Å². The minimum atomic E-state index is -0.0232. The van der Waals surface area contributed by atoms with Gasteiger partial charge in [-0.3, -0.25) is 4.79 Å². The Labute approximate surface area is 172 Å². The molecular weight excluding hydrogens is 386 g/mol. The SMILES string of the molecule is O=C1SC(SCc2ccccc2)=N/C1=C\c1cccc(Oc2ccccc2)c1. The maximum Gasteiger partial charge on any atom is 0.244 e. The van der Waals surface area contributed by atoms with Crippen molar-refractivity contribution in [2.45, 2.75) is 5.75 Å². The lowest BCUT2D eigenvalue weighted by Crippen LogP contribution is -1.89. The molecule has 0 unspecified atom stereocenters. The zero-order chi connectivity index (χ0) is 19.2. The molecule has 3 nitrogen and oxygen atoms in total. The van der Waals surface area contributed by atoms with Crippen molar-refractivity contribution in [3.8, 4) is 11.5 Å². The van der Waals surface area contributed by atoms with Gasteiger partial charge in [0.25, 0.3) is 0 Å². The number of para-hydroxylation sites is 1. The predicted molar refractivity (Wildman–Crippen MR) is 119 cm³/mol. The summed E-state index contributed by atoms with van der Waals surface area (Å²) in [6.07, 6.45) is 1.81. The van der Waals surface area contributed by atoms with Crippen LogP contribution >= 0.6 is 23.5 Å². The molecule has 1 aliphatic rings. The van der Waals surface area contributed by atoms with Crippen LogP contribution in [-0.2, 0) is 10.5 Å². The minimum Gasteiger partial charge on any atom is -0.457 e. The number of carbonyl (C=O) groups excluding carboxylic acids is 1. The number of hydrogen-bond donors (Lipinski definition) is 0. The van der Waals surface area contributed by atoms with Crippen molar-refractivity contribution in [2.24, 2.45) is 4.99 Å². The monoisotopic (exact) mass is 403 g/mol. The number of ether oxygens (including phenoxy) is 1. The maximum atomic E-state index is 12.3. The molecule has 0 saturated carbocycles. The zero-order valence-electron chi connectivity index (χ0n) is 14.9. The van der Waals surface area contributed by atoms with E-state index in [4.69, 9.17) is 4.74 Å². The van der Waals surface area contributed by atoms with E-state index < -0.39 is 0 Å². The summed E-state index contributed by atoms with van der Waals surface area (Å²) in [5.41, 5.74) is 2.57. The lowest BCUT2D eigenvalue weighted by molar-refractivity contribution is -0.107. The first kappa shape index (κ1) is 18.6. The van der Waals surface area contributed by atoms with Crippen LogP contribution in [0.3, 0.4) is 0 Å². The first-order valence-electron chi connectivity index (χ1n) is 8.78. The second-order valence-corrected chi connectivity index (χ2v) is 8.24. The highest BCUT2D eigenvalue weighted by Crippen LogP contribution is 2.33. The number of aliphatic imine (C=N–C) groups is 1. The Hall–Kier alpha value is -2.76. The van der Waals surface area contributed by atoms with Gasteiger partial charge in [-0.15, -0.1) is 0 Å². The van der Waals surface area contributed by atoms with E-state index >= 15 is 0 Å². The molecule has 0 amide bonds. The molecule has 0 radical (unpaired) electrons. The summed E-state index contributed by atoms with van der Waals surface area (Å²) in [5.74, 6) is 2.30. The third kappa shape index (κ3) is 4.94. The molecule has 1 aliphatic heterocycles.